The van der Waals surface area contributed by atoms with Gasteiger partial charge in [0.25, 0.3) is 11.6 Å². The molecule has 0 heterocycles. The van der Waals surface area contributed by atoms with E-state index in [1.54, 1.807) is 0 Å². The molecule has 0 spiro atoms. The largest absolute Gasteiger partial charge is 0.494 e. The fraction of sp³-hybridized carbons (Fsp3) is 0.552. The van der Waals surface area contributed by atoms with Gasteiger partial charge in [0.15, 0.2) is 0 Å². The Morgan fingerprint density at radius 3 is 1.69 bits per heavy atom. The van der Waals surface area contributed by atoms with Crippen LogP contribution in [0.2, 0.25) is 0 Å². The zero-order chi connectivity index (χ0) is 25.8. The predicted octanol–water partition coefficient (Wildman–Crippen LogP) is 7.48. The van der Waals surface area contributed by atoms with E-state index < -0.39 is 4.92 Å². The van der Waals surface area contributed by atoms with Crippen LogP contribution in [0.3, 0.4) is 0 Å². The van der Waals surface area contributed by atoms with Crippen LogP contribution in [0.25, 0.3) is 0 Å². The van der Waals surface area contributed by atoms with Gasteiger partial charge in [-0.15, -0.1) is 0 Å². The standard InChI is InChI=1S/C29H42N2O5/c1-2-3-4-5-6-7-8-9-10-12-23-35-27-18-20-28(21-19-27)36-24-13-11-22-30-29(32)25-14-16-26(17-15-25)31(33)34/h14-21H,2-13,22-24H2,1H3,(H,30,32). The number of benzene rings is 2. The van der Waals surface area contributed by atoms with Crippen molar-refractivity contribution in [2.24, 2.45) is 0 Å². The van der Waals surface area contributed by atoms with E-state index in [0.717, 1.165) is 37.4 Å². The van der Waals surface area contributed by atoms with Crippen LogP contribution in [0.5, 0.6) is 11.5 Å². The molecule has 0 bridgehead atoms. The van der Waals surface area contributed by atoms with Crippen LogP contribution in [0.1, 0.15) is 94.3 Å². The van der Waals surface area contributed by atoms with Gasteiger partial charge in [0.05, 0.1) is 18.1 Å². The van der Waals surface area contributed by atoms with Crippen LogP contribution >= 0.6 is 0 Å². The van der Waals surface area contributed by atoms with Crippen molar-refractivity contribution in [2.75, 3.05) is 19.8 Å². The van der Waals surface area contributed by atoms with Gasteiger partial charge in [-0.1, -0.05) is 64.7 Å². The lowest BCUT2D eigenvalue weighted by Crippen LogP contribution is -2.24. The van der Waals surface area contributed by atoms with Crippen LogP contribution in [-0.2, 0) is 0 Å². The lowest BCUT2D eigenvalue weighted by Gasteiger charge is -2.09. The highest BCUT2D eigenvalue weighted by molar-refractivity contribution is 5.94. The van der Waals surface area contributed by atoms with Gasteiger partial charge in [0, 0.05) is 24.2 Å². The van der Waals surface area contributed by atoms with Crippen LogP contribution in [0.4, 0.5) is 5.69 Å². The lowest BCUT2D eigenvalue weighted by molar-refractivity contribution is -0.384. The third-order valence-electron chi connectivity index (χ3n) is 6.06. The number of hydrogen-bond donors (Lipinski definition) is 1. The van der Waals surface area contributed by atoms with Crippen LogP contribution < -0.4 is 14.8 Å². The highest BCUT2D eigenvalue weighted by Crippen LogP contribution is 2.18. The molecular weight excluding hydrogens is 456 g/mol. The molecule has 0 unspecified atom stereocenters. The Morgan fingerprint density at radius 1 is 0.722 bits per heavy atom. The number of ether oxygens (including phenoxy) is 2. The summed E-state index contributed by atoms with van der Waals surface area (Å²) in [5, 5.41) is 13.5. The maximum absolute atomic E-state index is 12.1. The molecule has 2 rings (SSSR count). The van der Waals surface area contributed by atoms with E-state index in [1.165, 1.54) is 82.1 Å². The second kappa shape index (κ2) is 18.2. The number of unbranched alkanes of at least 4 members (excludes halogenated alkanes) is 10. The molecule has 0 aliphatic carbocycles. The van der Waals surface area contributed by atoms with E-state index in [-0.39, 0.29) is 11.6 Å². The number of non-ortho nitro benzene ring substituents is 1. The summed E-state index contributed by atoms with van der Waals surface area (Å²) in [6, 6.07) is 13.3. The Hall–Kier alpha value is -3.09. The molecule has 7 nitrogen and oxygen atoms in total. The fourth-order valence-electron chi connectivity index (χ4n) is 3.87. The maximum atomic E-state index is 12.1. The molecule has 0 aliphatic heterocycles. The van der Waals surface area contributed by atoms with Crippen LogP contribution in [0, 0.1) is 10.1 Å². The number of hydrogen-bond acceptors (Lipinski definition) is 5. The topological polar surface area (TPSA) is 90.7 Å². The minimum absolute atomic E-state index is 0.0302. The Labute approximate surface area is 215 Å². The fourth-order valence-corrected chi connectivity index (χ4v) is 3.87. The Balaban J connectivity index is 1.46. The third-order valence-corrected chi connectivity index (χ3v) is 6.06. The number of nitro benzene ring substituents is 1. The second-order valence-corrected chi connectivity index (χ2v) is 9.12. The first kappa shape index (κ1) is 29.1. The number of rotatable bonds is 20. The third kappa shape index (κ3) is 12.6. The number of carbonyl (C=O) groups is 1. The molecule has 0 fully saturated rings. The summed E-state index contributed by atoms with van der Waals surface area (Å²) in [6.45, 7) is 4.09. The molecule has 0 saturated heterocycles. The molecule has 1 amide bonds. The van der Waals surface area contributed by atoms with Crippen LogP contribution in [0.15, 0.2) is 48.5 Å². The van der Waals surface area contributed by atoms with Crippen molar-refractivity contribution >= 4 is 11.6 Å². The smallest absolute Gasteiger partial charge is 0.269 e. The average Bonchev–Trinajstić information content (AvgIpc) is 2.90. The molecule has 0 atom stereocenters. The van der Waals surface area contributed by atoms with Crippen molar-refractivity contribution in [3.63, 3.8) is 0 Å². The Kier molecular flexibility index (Phi) is 14.7. The average molecular weight is 499 g/mol. The molecule has 2 aromatic carbocycles. The van der Waals surface area contributed by atoms with Gasteiger partial charge in [0.2, 0.25) is 0 Å². The van der Waals surface area contributed by atoms with Crippen molar-refractivity contribution in [3.05, 3.63) is 64.2 Å². The highest BCUT2D eigenvalue weighted by atomic mass is 16.6. The zero-order valence-electron chi connectivity index (χ0n) is 21.7. The van der Waals surface area contributed by atoms with E-state index in [9.17, 15) is 14.9 Å². The van der Waals surface area contributed by atoms with Crippen LogP contribution in [-0.4, -0.2) is 30.6 Å². The van der Waals surface area contributed by atoms with Crippen molar-refractivity contribution in [1.82, 2.24) is 5.32 Å². The molecule has 7 heteroatoms. The SMILES string of the molecule is CCCCCCCCCCCCOc1ccc(OCCCCNC(=O)c2ccc([N+](=O)[O-])cc2)cc1. The van der Waals surface area contributed by atoms with E-state index in [1.807, 2.05) is 24.3 Å². The first-order valence-corrected chi connectivity index (χ1v) is 13.5. The molecule has 198 valence electrons. The normalized spacial score (nSPS) is 10.7. The molecular formula is C29H42N2O5. The summed E-state index contributed by atoms with van der Waals surface area (Å²) >= 11 is 0. The van der Waals surface area contributed by atoms with Gasteiger partial charge in [0.1, 0.15) is 11.5 Å². The molecule has 0 aromatic heterocycles. The van der Waals surface area contributed by atoms with Gasteiger partial charge in [-0.05, 0) is 55.7 Å². The number of nitrogens with zero attached hydrogens (tertiary/aromatic N) is 1. The number of nitrogens with one attached hydrogen (secondary N) is 1. The maximum Gasteiger partial charge on any atom is 0.269 e. The Bertz CT molecular complexity index is 868. The van der Waals surface area contributed by atoms with E-state index >= 15 is 0 Å². The zero-order valence-corrected chi connectivity index (χ0v) is 21.7. The minimum atomic E-state index is -0.485. The molecule has 36 heavy (non-hydrogen) atoms. The second-order valence-electron chi connectivity index (χ2n) is 9.12. The lowest BCUT2D eigenvalue weighted by atomic mass is 10.1. The summed E-state index contributed by atoms with van der Waals surface area (Å²) in [5.41, 5.74) is 0.379. The predicted molar refractivity (Wildman–Crippen MR) is 144 cm³/mol. The number of amides is 1. The van der Waals surface area contributed by atoms with Crippen molar-refractivity contribution in [2.45, 2.75) is 84.0 Å². The van der Waals surface area contributed by atoms with Gasteiger partial charge < -0.3 is 14.8 Å². The summed E-state index contributed by atoms with van der Waals surface area (Å²) in [7, 11) is 0. The van der Waals surface area contributed by atoms with E-state index in [0.29, 0.717) is 18.7 Å². The molecule has 1 N–H and O–H groups in total. The van der Waals surface area contributed by atoms with Gasteiger partial charge in [-0.2, -0.15) is 0 Å². The quantitative estimate of drug-likeness (QED) is 0.116. The highest BCUT2D eigenvalue weighted by Gasteiger charge is 2.08. The first-order chi connectivity index (χ1) is 17.6. The minimum Gasteiger partial charge on any atom is -0.494 e. The van der Waals surface area contributed by atoms with Gasteiger partial charge in [-0.3, -0.25) is 14.9 Å². The van der Waals surface area contributed by atoms with Crippen molar-refractivity contribution in [1.29, 1.82) is 0 Å². The summed E-state index contributed by atoms with van der Waals surface area (Å²) < 4.78 is 11.6. The Morgan fingerprint density at radius 2 is 1.19 bits per heavy atom. The molecule has 0 aliphatic rings. The van der Waals surface area contributed by atoms with E-state index in [2.05, 4.69) is 12.2 Å². The van der Waals surface area contributed by atoms with Gasteiger partial charge in [-0.25, -0.2) is 0 Å². The summed E-state index contributed by atoms with van der Waals surface area (Å²) in [4.78, 5) is 22.3. The summed E-state index contributed by atoms with van der Waals surface area (Å²) in [5.74, 6) is 1.43. The number of carbonyl (C=O) groups excluding carboxylic acids is 1. The monoisotopic (exact) mass is 498 g/mol. The molecule has 0 saturated carbocycles. The van der Waals surface area contributed by atoms with Crippen molar-refractivity contribution in [3.8, 4) is 11.5 Å². The van der Waals surface area contributed by atoms with E-state index in [4.69, 9.17) is 9.47 Å². The molecule has 0 radical (unpaired) electrons. The van der Waals surface area contributed by atoms with Gasteiger partial charge >= 0.3 is 0 Å². The van der Waals surface area contributed by atoms with Crippen molar-refractivity contribution < 1.29 is 19.2 Å². The summed E-state index contributed by atoms with van der Waals surface area (Å²) in [6.07, 6.45) is 14.7. The molecule has 2 aromatic rings. The first-order valence-electron chi connectivity index (χ1n) is 13.5. The number of nitro groups is 1.